The predicted octanol–water partition coefficient (Wildman–Crippen LogP) is 2.63. The third-order valence-electron chi connectivity index (χ3n) is 2.90. The second-order valence-corrected chi connectivity index (χ2v) is 5.11. The molecule has 8 heteroatoms. The number of pyridine rings is 1. The molecule has 0 aliphatic rings. The third-order valence-corrected chi connectivity index (χ3v) is 3.39. The molecule has 21 heavy (non-hydrogen) atoms. The van der Waals surface area contributed by atoms with Crippen molar-refractivity contribution in [3.63, 3.8) is 0 Å². The van der Waals surface area contributed by atoms with Crippen LogP contribution in [0.1, 0.15) is 17.1 Å². The van der Waals surface area contributed by atoms with Crippen LogP contribution in [0.5, 0.6) is 0 Å². The fraction of sp³-hybridized carbons (Fsp3) is 0.0769. The van der Waals surface area contributed by atoms with Crippen LogP contribution in [-0.4, -0.2) is 18.9 Å². The van der Waals surface area contributed by atoms with Gasteiger partial charge in [0.15, 0.2) is 17.0 Å². The molecule has 6 nitrogen and oxygen atoms in total. The van der Waals surface area contributed by atoms with Crippen molar-refractivity contribution in [2.45, 2.75) is 6.54 Å². The van der Waals surface area contributed by atoms with Gasteiger partial charge in [0.2, 0.25) is 0 Å². The molecular formula is C13H6Cl2N6. The van der Waals surface area contributed by atoms with Gasteiger partial charge in [0.25, 0.3) is 0 Å². The summed E-state index contributed by atoms with van der Waals surface area (Å²) < 4.78 is 3.28. The van der Waals surface area contributed by atoms with Crippen molar-refractivity contribution in [1.29, 1.82) is 10.5 Å². The van der Waals surface area contributed by atoms with Crippen LogP contribution < -0.4 is 0 Å². The first-order chi connectivity index (χ1) is 10.1. The van der Waals surface area contributed by atoms with E-state index < -0.39 is 0 Å². The molecule has 0 spiro atoms. The van der Waals surface area contributed by atoms with Gasteiger partial charge in [-0.3, -0.25) is 0 Å². The van der Waals surface area contributed by atoms with Gasteiger partial charge in [-0.05, 0) is 6.07 Å². The molecule has 0 amide bonds. The Morgan fingerprint density at radius 3 is 2.71 bits per heavy atom. The molecule has 0 saturated carbocycles. The van der Waals surface area contributed by atoms with Crippen molar-refractivity contribution >= 4 is 28.8 Å². The van der Waals surface area contributed by atoms with Crippen LogP contribution in [0.15, 0.2) is 24.8 Å². The van der Waals surface area contributed by atoms with E-state index in [4.69, 9.17) is 33.7 Å². The summed E-state index contributed by atoms with van der Waals surface area (Å²) in [6.45, 7) is 0.313. The molecular weight excluding hydrogens is 311 g/mol. The maximum absolute atomic E-state index is 9.09. The molecule has 0 aliphatic heterocycles. The Bertz CT molecular complexity index is 925. The summed E-state index contributed by atoms with van der Waals surface area (Å²) in [4.78, 5) is 8.28. The van der Waals surface area contributed by atoms with E-state index in [2.05, 4.69) is 9.97 Å². The molecule has 102 valence electrons. The number of nitriles is 2. The summed E-state index contributed by atoms with van der Waals surface area (Å²) in [6.07, 6.45) is 4.90. The molecule has 0 unspecified atom stereocenters. The van der Waals surface area contributed by atoms with Crippen molar-refractivity contribution in [1.82, 2.24) is 18.9 Å². The van der Waals surface area contributed by atoms with E-state index in [-0.39, 0.29) is 11.4 Å². The van der Waals surface area contributed by atoms with E-state index in [1.807, 2.05) is 12.1 Å². The van der Waals surface area contributed by atoms with Crippen LogP contribution in [0.4, 0.5) is 0 Å². The zero-order valence-electron chi connectivity index (χ0n) is 10.5. The molecule has 3 aromatic rings. The summed E-state index contributed by atoms with van der Waals surface area (Å²) >= 11 is 12.0. The number of fused-ring (bicyclic) bond motifs is 1. The van der Waals surface area contributed by atoms with E-state index in [0.717, 1.165) is 0 Å². The highest BCUT2D eigenvalue weighted by Gasteiger charge is 2.12. The first-order valence-electron chi connectivity index (χ1n) is 5.80. The average molecular weight is 317 g/mol. The molecule has 0 bridgehead atoms. The van der Waals surface area contributed by atoms with Gasteiger partial charge in [-0.1, -0.05) is 23.2 Å². The lowest BCUT2D eigenvalue weighted by Crippen LogP contribution is -2.01. The molecule has 0 atom stereocenters. The number of hydrogen-bond donors (Lipinski definition) is 0. The van der Waals surface area contributed by atoms with E-state index >= 15 is 0 Å². The van der Waals surface area contributed by atoms with E-state index in [0.29, 0.717) is 27.9 Å². The predicted molar refractivity (Wildman–Crippen MR) is 76.0 cm³/mol. The summed E-state index contributed by atoms with van der Waals surface area (Å²) in [5.74, 6) is 0. The van der Waals surface area contributed by atoms with E-state index in [1.165, 1.54) is 6.33 Å². The highest BCUT2D eigenvalue weighted by Crippen LogP contribution is 2.22. The molecule has 0 radical (unpaired) electrons. The smallest absolute Gasteiger partial charge is 0.176 e. The standard InChI is InChI=1S/C13H6Cl2N6/c14-8-1-10(15)13-19-9(5-20(13)4-8)6-21-7-18-11(2-16)12(21)3-17/h1,4-5,7H,6H2. The Labute approximate surface area is 129 Å². The molecule has 0 aliphatic carbocycles. The number of aromatic nitrogens is 4. The number of nitrogens with zero attached hydrogens (tertiary/aromatic N) is 6. The Balaban J connectivity index is 2.04. The Morgan fingerprint density at radius 2 is 2.00 bits per heavy atom. The van der Waals surface area contributed by atoms with Crippen molar-refractivity contribution in [3.8, 4) is 12.1 Å². The average Bonchev–Trinajstić information content (AvgIpc) is 3.02. The zero-order chi connectivity index (χ0) is 15.0. The van der Waals surface area contributed by atoms with Crippen LogP contribution in [0.3, 0.4) is 0 Å². The fourth-order valence-corrected chi connectivity index (χ4v) is 2.55. The van der Waals surface area contributed by atoms with Crippen LogP contribution in [0.25, 0.3) is 5.65 Å². The maximum atomic E-state index is 9.09. The second kappa shape index (κ2) is 5.10. The Morgan fingerprint density at radius 1 is 1.19 bits per heavy atom. The summed E-state index contributed by atoms with van der Waals surface area (Å²) in [7, 11) is 0. The van der Waals surface area contributed by atoms with Gasteiger partial charge in [0, 0.05) is 12.4 Å². The largest absolute Gasteiger partial charge is 0.315 e. The summed E-state index contributed by atoms with van der Waals surface area (Å²) in [5.41, 5.74) is 1.56. The zero-order valence-corrected chi connectivity index (χ0v) is 12.0. The normalized spacial score (nSPS) is 10.5. The Hall–Kier alpha value is -2.54. The lowest BCUT2D eigenvalue weighted by atomic mass is 10.3. The second-order valence-electron chi connectivity index (χ2n) is 4.26. The van der Waals surface area contributed by atoms with Gasteiger partial charge in [-0.2, -0.15) is 10.5 Å². The lowest BCUT2D eigenvalue weighted by molar-refractivity contribution is 0.768. The highest BCUT2D eigenvalue weighted by atomic mass is 35.5. The van der Waals surface area contributed by atoms with Gasteiger partial charge < -0.3 is 8.97 Å². The molecule has 3 heterocycles. The summed E-state index contributed by atoms with van der Waals surface area (Å²) in [6, 6.07) is 5.46. The number of imidazole rings is 2. The minimum Gasteiger partial charge on any atom is -0.315 e. The first kappa shape index (κ1) is 13.4. The lowest BCUT2D eigenvalue weighted by Gasteiger charge is -1.99. The first-order valence-corrected chi connectivity index (χ1v) is 6.56. The highest BCUT2D eigenvalue weighted by molar-refractivity contribution is 6.36. The van der Waals surface area contributed by atoms with Gasteiger partial charge >= 0.3 is 0 Å². The summed E-state index contributed by atoms with van der Waals surface area (Å²) in [5, 5.41) is 18.9. The Kier molecular flexibility index (Phi) is 3.26. The molecule has 3 aromatic heterocycles. The van der Waals surface area contributed by atoms with Gasteiger partial charge in [-0.25, -0.2) is 9.97 Å². The van der Waals surface area contributed by atoms with Crippen molar-refractivity contribution in [3.05, 3.63) is 51.9 Å². The van der Waals surface area contributed by atoms with Crippen LogP contribution in [0.2, 0.25) is 10.0 Å². The molecule has 0 N–H and O–H groups in total. The van der Waals surface area contributed by atoms with Crippen molar-refractivity contribution < 1.29 is 0 Å². The van der Waals surface area contributed by atoms with E-state index in [9.17, 15) is 0 Å². The van der Waals surface area contributed by atoms with E-state index in [1.54, 1.807) is 27.4 Å². The monoisotopic (exact) mass is 316 g/mol. The SMILES string of the molecule is N#Cc1ncn(Cc2cn3cc(Cl)cc(Cl)c3n2)c1C#N. The molecule has 3 rings (SSSR count). The quantitative estimate of drug-likeness (QED) is 0.727. The van der Waals surface area contributed by atoms with Crippen LogP contribution in [0, 0.1) is 22.7 Å². The minimum absolute atomic E-state index is 0.0994. The number of halogens is 2. The molecule has 0 fully saturated rings. The molecule has 0 saturated heterocycles. The number of hydrogen-bond acceptors (Lipinski definition) is 4. The molecule has 0 aromatic carbocycles. The topological polar surface area (TPSA) is 82.7 Å². The van der Waals surface area contributed by atoms with Crippen molar-refractivity contribution in [2.24, 2.45) is 0 Å². The number of rotatable bonds is 2. The van der Waals surface area contributed by atoms with Gasteiger partial charge in [-0.15, -0.1) is 0 Å². The van der Waals surface area contributed by atoms with Gasteiger partial charge in [0.1, 0.15) is 12.1 Å². The van der Waals surface area contributed by atoms with Crippen LogP contribution >= 0.6 is 23.2 Å². The van der Waals surface area contributed by atoms with Crippen LogP contribution in [-0.2, 0) is 6.54 Å². The minimum atomic E-state index is 0.0994. The third kappa shape index (κ3) is 2.31. The maximum Gasteiger partial charge on any atom is 0.176 e. The van der Waals surface area contributed by atoms with Gasteiger partial charge in [0.05, 0.1) is 28.6 Å². The fourth-order valence-electron chi connectivity index (χ4n) is 2.03. The van der Waals surface area contributed by atoms with Crippen molar-refractivity contribution in [2.75, 3.05) is 0 Å².